The fraction of sp³-hybridized carbons (Fsp3) is 0.500. The van der Waals surface area contributed by atoms with Crippen LogP contribution in [0.25, 0.3) is 0 Å². The lowest BCUT2D eigenvalue weighted by molar-refractivity contribution is -0.125. The zero-order chi connectivity index (χ0) is 22.1. The minimum Gasteiger partial charge on any atom is -0.389 e. The highest BCUT2D eigenvalue weighted by molar-refractivity contribution is 6.08. The summed E-state index contributed by atoms with van der Waals surface area (Å²) >= 11 is 0. The maximum Gasteiger partial charge on any atom is 0.238 e. The molecule has 2 aromatic rings. The first kappa shape index (κ1) is 21.6. The van der Waals surface area contributed by atoms with Gasteiger partial charge in [0, 0.05) is 25.3 Å². The van der Waals surface area contributed by atoms with Crippen molar-refractivity contribution in [3.05, 3.63) is 65.5 Å². The number of β-amino-alcohol motifs (C(OH)–C–C–N with tert-alkyl or cyclic N) is 1. The number of halogens is 1. The van der Waals surface area contributed by atoms with Gasteiger partial charge in [0.05, 0.1) is 30.8 Å². The normalized spacial score (nSPS) is 22.7. The van der Waals surface area contributed by atoms with Crippen molar-refractivity contribution < 1.29 is 19.0 Å². The molecule has 6 heteroatoms. The van der Waals surface area contributed by atoms with Crippen molar-refractivity contribution in [2.24, 2.45) is 0 Å². The van der Waals surface area contributed by atoms with Gasteiger partial charge in [0.2, 0.25) is 5.91 Å². The van der Waals surface area contributed by atoms with Crippen molar-refractivity contribution in [1.29, 1.82) is 0 Å². The van der Waals surface area contributed by atoms with Crippen LogP contribution < -0.4 is 4.90 Å². The SMILES string of the molecule is O=C1N(C(c2ccccc2)C(O)CN2CCOCC2)c2ccc(F)cc2C12CCCCC2. The fourth-order valence-corrected chi connectivity index (χ4v) is 5.81. The van der Waals surface area contributed by atoms with Gasteiger partial charge in [0.1, 0.15) is 5.82 Å². The molecule has 2 aliphatic heterocycles. The first-order valence-corrected chi connectivity index (χ1v) is 11.8. The Labute approximate surface area is 188 Å². The zero-order valence-corrected chi connectivity index (χ0v) is 18.4. The molecular weight excluding hydrogens is 407 g/mol. The Morgan fingerprint density at radius 2 is 1.75 bits per heavy atom. The predicted molar refractivity (Wildman–Crippen MR) is 121 cm³/mol. The largest absolute Gasteiger partial charge is 0.389 e. The molecule has 1 aliphatic carbocycles. The second kappa shape index (κ2) is 8.93. The average molecular weight is 439 g/mol. The highest BCUT2D eigenvalue weighted by atomic mass is 19.1. The first-order chi connectivity index (χ1) is 15.6. The summed E-state index contributed by atoms with van der Waals surface area (Å²) in [5.41, 5.74) is 1.75. The summed E-state index contributed by atoms with van der Waals surface area (Å²) in [5, 5.41) is 11.5. The van der Waals surface area contributed by atoms with Crippen LogP contribution in [0, 0.1) is 5.82 Å². The third-order valence-electron chi connectivity index (χ3n) is 7.40. The van der Waals surface area contributed by atoms with E-state index in [2.05, 4.69) is 4.90 Å². The number of anilines is 1. The van der Waals surface area contributed by atoms with Crippen molar-refractivity contribution in [3.8, 4) is 0 Å². The number of benzene rings is 2. The number of rotatable bonds is 5. The van der Waals surface area contributed by atoms with Crippen molar-refractivity contribution in [1.82, 2.24) is 4.90 Å². The van der Waals surface area contributed by atoms with E-state index in [0.717, 1.165) is 62.0 Å². The van der Waals surface area contributed by atoms with E-state index in [9.17, 15) is 14.3 Å². The minimum atomic E-state index is -0.781. The Bertz CT molecular complexity index is 955. The Morgan fingerprint density at radius 3 is 2.47 bits per heavy atom. The lowest BCUT2D eigenvalue weighted by atomic mass is 9.70. The molecule has 32 heavy (non-hydrogen) atoms. The molecule has 5 nitrogen and oxygen atoms in total. The van der Waals surface area contributed by atoms with E-state index in [1.54, 1.807) is 17.0 Å². The van der Waals surface area contributed by atoms with Crippen LogP contribution in [-0.4, -0.2) is 54.9 Å². The van der Waals surface area contributed by atoms with Gasteiger partial charge < -0.3 is 14.7 Å². The van der Waals surface area contributed by atoms with Gasteiger partial charge in [-0.05, 0) is 42.2 Å². The van der Waals surface area contributed by atoms with Crippen LogP contribution in [0.3, 0.4) is 0 Å². The molecule has 3 aliphatic rings. The Morgan fingerprint density at radius 1 is 1.03 bits per heavy atom. The van der Waals surface area contributed by atoms with Crippen molar-refractivity contribution in [2.45, 2.75) is 49.7 Å². The molecule has 2 aromatic carbocycles. The van der Waals surface area contributed by atoms with Gasteiger partial charge in [-0.25, -0.2) is 4.39 Å². The summed E-state index contributed by atoms with van der Waals surface area (Å²) in [6.45, 7) is 3.28. The number of fused-ring (bicyclic) bond motifs is 2. The van der Waals surface area contributed by atoms with E-state index in [1.165, 1.54) is 6.07 Å². The number of hydrogen-bond donors (Lipinski definition) is 1. The molecule has 2 atom stereocenters. The molecule has 0 aromatic heterocycles. The fourth-order valence-electron chi connectivity index (χ4n) is 5.81. The van der Waals surface area contributed by atoms with Crippen LogP contribution in [0.2, 0.25) is 0 Å². The molecular formula is C26H31FN2O3. The van der Waals surface area contributed by atoms with Gasteiger partial charge in [0.25, 0.3) is 0 Å². The zero-order valence-electron chi connectivity index (χ0n) is 18.4. The smallest absolute Gasteiger partial charge is 0.238 e. The van der Waals surface area contributed by atoms with E-state index >= 15 is 0 Å². The van der Waals surface area contributed by atoms with Gasteiger partial charge in [-0.2, -0.15) is 0 Å². The van der Waals surface area contributed by atoms with Crippen LogP contribution in [0.5, 0.6) is 0 Å². The number of aliphatic hydroxyl groups excluding tert-OH is 1. The number of nitrogens with zero attached hydrogens (tertiary/aromatic N) is 2. The number of aliphatic hydroxyl groups is 1. The topological polar surface area (TPSA) is 53.0 Å². The highest BCUT2D eigenvalue weighted by Crippen LogP contribution is 2.53. The van der Waals surface area contributed by atoms with Crippen LogP contribution in [-0.2, 0) is 14.9 Å². The summed E-state index contributed by atoms with van der Waals surface area (Å²) in [4.78, 5) is 18.1. The number of hydrogen-bond acceptors (Lipinski definition) is 4. The number of carbonyl (C=O) groups is 1. The van der Waals surface area contributed by atoms with E-state index < -0.39 is 17.6 Å². The molecule has 170 valence electrons. The van der Waals surface area contributed by atoms with Crippen LogP contribution in [0.1, 0.15) is 49.3 Å². The van der Waals surface area contributed by atoms with Crippen molar-refractivity contribution >= 4 is 11.6 Å². The third kappa shape index (κ3) is 3.74. The number of morpholine rings is 1. The molecule has 2 unspecified atom stereocenters. The summed E-state index contributed by atoms with van der Waals surface area (Å²) < 4.78 is 19.8. The minimum absolute atomic E-state index is 0.00711. The summed E-state index contributed by atoms with van der Waals surface area (Å²) in [7, 11) is 0. The molecule has 1 spiro atoms. The second-order valence-electron chi connectivity index (χ2n) is 9.32. The molecule has 5 rings (SSSR count). The van der Waals surface area contributed by atoms with E-state index in [1.807, 2.05) is 30.3 Å². The summed E-state index contributed by atoms with van der Waals surface area (Å²) in [6, 6.07) is 13.9. The first-order valence-electron chi connectivity index (χ1n) is 11.8. The van der Waals surface area contributed by atoms with E-state index in [4.69, 9.17) is 4.74 Å². The van der Waals surface area contributed by atoms with Gasteiger partial charge in [0.15, 0.2) is 0 Å². The second-order valence-corrected chi connectivity index (χ2v) is 9.32. The molecule has 1 N–H and O–H groups in total. The predicted octanol–water partition coefficient (Wildman–Crippen LogP) is 3.81. The van der Waals surface area contributed by atoms with Gasteiger partial charge in [-0.1, -0.05) is 49.6 Å². The Balaban J connectivity index is 1.57. The standard InChI is InChI=1S/C26H31FN2O3/c27-20-9-10-22-21(17-20)26(11-5-2-6-12-26)25(31)29(22)24(19-7-3-1-4-8-19)23(30)18-28-13-15-32-16-14-28/h1,3-4,7-10,17,23-24,30H,2,5-6,11-16,18H2. The van der Waals surface area contributed by atoms with Gasteiger partial charge in [-0.3, -0.25) is 9.69 Å². The monoisotopic (exact) mass is 438 g/mol. The number of ether oxygens (including phenoxy) is 1. The molecule has 1 amide bonds. The maximum atomic E-state index is 14.3. The highest BCUT2D eigenvalue weighted by Gasteiger charge is 2.54. The average Bonchev–Trinajstić information content (AvgIpc) is 3.04. The van der Waals surface area contributed by atoms with E-state index in [-0.39, 0.29) is 11.7 Å². The lowest BCUT2D eigenvalue weighted by Gasteiger charge is -2.38. The molecule has 2 fully saturated rings. The van der Waals surface area contributed by atoms with E-state index in [0.29, 0.717) is 19.8 Å². The lowest BCUT2D eigenvalue weighted by Crippen LogP contribution is -2.49. The van der Waals surface area contributed by atoms with Crippen molar-refractivity contribution in [3.63, 3.8) is 0 Å². The molecule has 0 bridgehead atoms. The summed E-state index contributed by atoms with van der Waals surface area (Å²) in [6.07, 6.45) is 3.71. The van der Waals surface area contributed by atoms with Crippen LogP contribution in [0.15, 0.2) is 48.5 Å². The molecule has 0 radical (unpaired) electrons. The third-order valence-corrected chi connectivity index (χ3v) is 7.40. The number of carbonyl (C=O) groups excluding carboxylic acids is 1. The van der Waals surface area contributed by atoms with Gasteiger partial charge in [-0.15, -0.1) is 0 Å². The maximum absolute atomic E-state index is 14.3. The quantitative estimate of drug-likeness (QED) is 0.772. The Kier molecular flexibility index (Phi) is 6.01. The molecule has 1 saturated carbocycles. The van der Waals surface area contributed by atoms with Crippen LogP contribution >= 0.6 is 0 Å². The molecule has 1 saturated heterocycles. The summed E-state index contributed by atoms with van der Waals surface area (Å²) in [5.74, 6) is -0.304. The van der Waals surface area contributed by atoms with Crippen molar-refractivity contribution in [2.75, 3.05) is 37.7 Å². The van der Waals surface area contributed by atoms with Crippen LogP contribution in [0.4, 0.5) is 10.1 Å². The number of amides is 1. The Hall–Kier alpha value is -2.28. The molecule has 2 heterocycles. The van der Waals surface area contributed by atoms with Gasteiger partial charge >= 0.3 is 0 Å².